The lowest BCUT2D eigenvalue weighted by Gasteiger charge is -2.08. The normalized spacial score (nSPS) is 10.1. The number of benzene rings is 1. The predicted molar refractivity (Wildman–Crippen MR) is 58.6 cm³/mol. The third kappa shape index (κ3) is 2.35. The Hall–Kier alpha value is -1.94. The number of hydrogen-bond acceptors (Lipinski definition) is 3. The maximum absolute atomic E-state index is 12.7. The molecule has 0 saturated carbocycles. The van der Waals surface area contributed by atoms with Crippen LogP contribution in [-0.4, -0.2) is 4.98 Å². The van der Waals surface area contributed by atoms with Crippen LogP contribution < -0.4 is 10.5 Å². The Morgan fingerprint density at radius 2 is 1.94 bits per heavy atom. The van der Waals surface area contributed by atoms with Crippen molar-refractivity contribution in [3.05, 3.63) is 54.1 Å². The van der Waals surface area contributed by atoms with E-state index in [2.05, 4.69) is 4.98 Å². The van der Waals surface area contributed by atoms with Gasteiger partial charge in [0, 0.05) is 18.3 Å². The Balaban J connectivity index is 2.23. The molecular weight excluding hydrogens is 207 g/mol. The van der Waals surface area contributed by atoms with Crippen LogP contribution in [0.1, 0.15) is 5.56 Å². The Morgan fingerprint density at radius 3 is 2.62 bits per heavy atom. The fourth-order valence-corrected chi connectivity index (χ4v) is 1.30. The summed E-state index contributed by atoms with van der Waals surface area (Å²) in [6.45, 7) is 0.374. The SMILES string of the molecule is NCc1ccncc1Oc1ccc(F)cc1. The van der Waals surface area contributed by atoms with E-state index in [0.29, 0.717) is 18.0 Å². The third-order valence-corrected chi connectivity index (χ3v) is 2.13. The van der Waals surface area contributed by atoms with Crippen molar-refractivity contribution in [2.24, 2.45) is 5.73 Å². The first-order valence-corrected chi connectivity index (χ1v) is 4.86. The second kappa shape index (κ2) is 4.72. The summed E-state index contributed by atoms with van der Waals surface area (Å²) in [7, 11) is 0. The van der Waals surface area contributed by atoms with Gasteiger partial charge in [-0.2, -0.15) is 0 Å². The Bertz CT molecular complexity index is 471. The molecule has 0 aliphatic heterocycles. The quantitative estimate of drug-likeness (QED) is 0.860. The Labute approximate surface area is 92.7 Å². The van der Waals surface area contributed by atoms with Gasteiger partial charge in [-0.15, -0.1) is 0 Å². The molecular formula is C12H11FN2O. The van der Waals surface area contributed by atoms with Crippen molar-refractivity contribution in [2.75, 3.05) is 0 Å². The average molecular weight is 218 g/mol. The van der Waals surface area contributed by atoms with Gasteiger partial charge in [-0.25, -0.2) is 4.39 Å². The smallest absolute Gasteiger partial charge is 0.150 e. The molecule has 2 rings (SSSR count). The zero-order valence-corrected chi connectivity index (χ0v) is 8.56. The summed E-state index contributed by atoms with van der Waals surface area (Å²) >= 11 is 0. The Morgan fingerprint density at radius 1 is 1.19 bits per heavy atom. The fraction of sp³-hybridized carbons (Fsp3) is 0.0833. The van der Waals surface area contributed by atoms with Crippen molar-refractivity contribution in [2.45, 2.75) is 6.54 Å². The maximum Gasteiger partial charge on any atom is 0.150 e. The van der Waals surface area contributed by atoms with Gasteiger partial charge in [0.05, 0.1) is 6.20 Å². The highest BCUT2D eigenvalue weighted by molar-refractivity contribution is 5.35. The molecule has 0 spiro atoms. The number of halogens is 1. The van der Waals surface area contributed by atoms with E-state index >= 15 is 0 Å². The first-order chi connectivity index (χ1) is 7.79. The minimum Gasteiger partial charge on any atom is -0.455 e. The molecule has 0 atom stereocenters. The van der Waals surface area contributed by atoms with Crippen LogP contribution >= 0.6 is 0 Å². The van der Waals surface area contributed by atoms with Crippen LogP contribution in [0, 0.1) is 5.82 Å². The third-order valence-electron chi connectivity index (χ3n) is 2.13. The number of nitrogens with zero attached hydrogens (tertiary/aromatic N) is 1. The second-order valence-electron chi connectivity index (χ2n) is 3.24. The first-order valence-electron chi connectivity index (χ1n) is 4.86. The summed E-state index contributed by atoms with van der Waals surface area (Å²) in [5.41, 5.74) is 6.42. The Kier molecular flexibility index (Phi) is 3.12. The van der Waals surface area contributed by atoms with Crippen molar-refractivity contribution < 1.29 is 9.13 Å². The van der Waals surface area contributed by atoms with Crippen LogP contribution in [0.3, 0.4) is 0 Å². The van der Waals surface area contributed by atoms with Crippen LogP contribution in [0.4, 0.5) is 4.39 Å². The van der Waals surface area contributed by atoms with Crippen molar-refractivity contribution >= 4 is 0 Å². The second-order valence-corrected chi connectivity index (χ2v) is 3.24. The van der Waals surface area contributed by atoms with Crippen LogP contribution in [0.5, 0.6) is 11.5 Å². The van der Waals surface area contributed by atoms with Crippen LogP contribution in [0.2, 0.25) is 0 Å². The molecule has 0 radical (unpaired) electrons. The molecule has 2 N–H and O–H groups in total. The molecule has 1 heterocycles. The van der Waals surface area contributed by atoms with Gasteiger partial charge in [-0.1, -0.05) is 0 Å². The molecule has 0 saturated heterocycles. The number of ether oxygens (including phenoxy) is 1. The number of aromatic nitrogens is 1. The van der Waals surface area contributed by atoms with Gasteiger partial charge in [0.1, 0.15) is 17.3 Å². The number of pyridine rings is 1. The number of rotatable bonds is 3. The summed E-state index contributed by atoms with van der Waals surface area (Å²) in [6.07, 6.45) is 3.24. The van der Waals surface area contributed by atoms with Gasteiger partial charge < -0.3 is 10.5 Å². The van der Waals surface area contributed by atoms with Crippen molar-refractivity contribution in [3.8, 4) is 11.5 Å². The fourth-order valence-electron chi connectivity index (χ4n) is 1.30. The number of nitrogens with two attached hydrogens (primary N) is 1. The van der Waals surface area contributed by atoms with E-state index in [1.807, 2.05) is 0 Å². The van der Waals surface area contributed by atoms with Gasteiger partial charge in [0.15, 0.2) is 0 Å². The first kappa shape index (κ1) is 10.6. The van der Waals surface area contributed by atoms with Crippen LogP contribution in [0.15, 0.2) is 42.7 Å². The molecule has 82 valence electrons. The average Bonchev–Trinajstić information content (AvgIpc) is 2.33. The van der Waals surface area contributed by atoms with E-state index in [1.54, 1.807) is 30.6 Å². The molecule has 0 amide bonds. The molecule has 3 nitrogen and oxygen atoms in total. The molecule has 0 aliphatic carbocycles. The summed E-state index contributed by atoms with van der Waals surface area (Å²) in [4.78, 5) is 3.95. The minimum atomic E-state index is -0.294. The minimum absolute atomic E-state index is 0.294. The topological polar surface area (TPSA) is 48.1 Å². The van der Waals surface area contributed by atoms with E-state index in [0.717, 1.165) is 5.56 Å². The summed E-state index contributed by atoms with van der Waals surface area (Å²) in [6, 6.07) is 7.59. The zero-order chi connectivity index (χ0) is 11.4. The van der Waals surface area contributed by atoms with Crippen molar-refractivity contribution in [1.29, 1.82) is 0 Å². The highest BCUT2D eigenvalue weighted by Gasteiger charge is 2.03. The van der Waals surface area contributed by atoms with E-state index in [1.165, 1.54) is 12.1 Å². The van der Waals surface area contributed by atoms with E-state index in [4.69, 9.17) is 10.5 Å². The molecule has 0 fully saturated rings. The maximum atomic E-state index is 12.7. The van der Waals surface area contributed by atoms with Gasteiger partial charge >= 0.3 is 0 Å². The molecule has 1 aromatic heterocycles. The lowest BCUT2D eigenvalue weighted by molar-refractivity contribution is 0.472. The molecule has 0 aliphatic rings. The molecule has 4 heteroatoms. The van der Waals surface area contributed by atoms with Crippen LogP contribution in [0.25, 0.3) is 0 Å². The summed E-state index contributed by atoms with van der Waals surface area (Å²) < 4.78 is 18.2. The standard InChI is InChI=1S/C12H11FN2O/c13-10-1-3-11(4-2-10)16-12-8-15-6-5-9(12)7-14/h1-6,8H,7,14H2. The van der Waals surface area contributed by atoms with Crippen LogP contribution in [-0.2, 0) is 6.54 Å². The predicted octanol–water partition coefficient (Wildman–Crippen LogP) is 2.47. The lowest BCUT2D eigenvalue weighted by Crippen LogP contribution is -1.99. The van der Waals surface area contributed by atoms with E-state index < -0.39 is 0 Å². The van der Waals surface area contributed by atoms with E-state index in [-0.39, 0.29) is 5.82 Å². The molecule has 16 heavy (non-hydrogen) atoms. The molecule has 1 aromatic carbocycles. The van der Waals surface area contributed by atoms with Gasteiger partial charge in [0.25, 0.3) is 0 Å². The van der Waals surface area contributed by atoms with Gasteiger partial charge in [0.2, 0.25) is 0 Å². The number of hydrogen-bond donors (Lipinski definition) is 1. The van der Waals surface area contributed by atoms with Crippen molar-refractivity contribution in [1.82, 2.24) is 4.98 Å². The zero-order valence-electron chi connectivity index (χ0n) is 8.56. The lowest BCUT2D eigenvalue weighted by atomic mass is 10.2. The van der Waals surface area contributed by atoms with Crippen molar-refractivity contribution in [3.63, 3.8) is 0 Å². The van der Waals surface area contributed by atoms with Gasteiger partial charge in [-0.3, -0.25) is 4.98 Å². The summed E-state index contributed by atoms with van der Waals surface area (Å²) in [5.74, 6) is 0.860. The molecule has 0 bridgehead atoms. The molecule has 0 unspecified atom stereocenters. The highest BCUT2D eigenvalue weighted by Crippen LogP contribution is 2.23. The van der Waals surface area contributed by atoms with Gasteiger partial charge in [-0.05, 0) is 30.3 Å². The highest BCUT2D eigenvalue weighted by atomic mass is 19.1. The van der Waals surface area contributed by atoms with E-state index in [9.17, 15) is 4.39 Å². The molecule has 2 aromatic rings. The largest absolute Gasteiger partial charge is 0.455 e. The monoisotopic (exact) mass is 218 g/mol. The summed E-state index contributed by atoms with van der Waals surface area (Å²) in [5, 5.41) is 0.